The summed E-state index contributed by atoms with van der Waals surface area (Å²) in [5.74, 6) is 1.04. The van der Waals surface area contributed by atoms with Crippen LogP contribution in [0.3, 0.4) is 0 Å². The van der Waals surface area contributed by atoms with E-state index in [9.17, 15) is 0 Å². The first-order valence-electron chi connectivity index (χ1n) is 6.17. The van der Waals surface area contributed by atoms with Crippen molar-refractivity contribution in [3.63, 3.8) is 0 Å². The van der Waals surface area contributed by atoms with Crippen molar-refractivity contribution in [1.82, 2.24) is 5.32 Å². The first-order valence-corrected chi connectivity index (χ1v) is 6.96. The van der Waals surface area contributed by atoms with Gasteiger partial charge in [0.05, 0.1) is 10.5 Å². The molecule has 0 amide bonds. The van der Waals surface area contributed by atoms with Crippen LogP contribution in [0, 0.1) is 0 Å². The van der Waals surface area contributed by atoms with Gasteiger partial charge >= 0.3 is 0 Å². The number of furan rings is 1. The number of para-hydroxylation sites is 1. The second-order valence-electron chi connectivity index (χ2n) is 4.21. The molecule has 17 heavy (non-hydrogen) atoms. The number of rotatable bonds is 5. The van der Waals surface area contributed by atoms with E-state index in [4.69, 9.17) is 4.42 Å². The average Bonchev–Trinajstić information content (AvgIpc) is 2.74. The molecule has 2 rings (SSSR count). The van der Waals surface area contributed by atoms with Crippen molar-refractivity contribution in [2.24, 2.45) is 0 Å². The molecule has 0 saturated carbocycles. The molecule has 1 N–H and O–H groups in total. The maximum Gasteiger partial charge on any atom is 0.148 e. The number of hydrogen-bond acceptors (Lipinski definition) is 2. The van der Waals surface area contributed by atoms with E-state index >= 15 is 0 Å². The van der Waals surface area contributed by atoms with Crippen molar-refractivity contribution in [3.05, 3.63) is 34.5 Å². The number of hydrogen-bond donors (Lipinski definition) is 1. The van der Waals surface area contributed by atoms with Gasteiger partial charge in [0.1, 0.15) is 11.3 Å². The second kappa shape index (κ2) is 5.69. The van der Waals surface area contributed by atoms with Gasteiger partial charge in [0.2, 0.25) is 0 Å². The van der Waals surface area contributed by atoms with Crippen LogP contribution in [0.25, 0.3) is 11.0 Å². The lowest BCUT2D eigenvalue weighted by Gasteiger charge is -2.13. The lowest BCUT2D eigenvalue weighted by molar-refractivity contribution is 0.414. The van der Waals surface area contributed by atoms with Crippen LogP contribution in [0.1, 0.15) is 38.5 Å². The van der Waals surface area contributed by atoms with Gasteiger partial charge in [-0.2, -0.15) is 0 Å². The molecule has 1 aromatic carbocycles. The summed E-state index contributed by atoms with van der Waals surface area (Å²) >= 11 is 3.52. The Kier molecular flexibility index (Phi) is 4.24. The number of nitrogens with one attached hydrogen (secondary N) is 1. The Balaban J connectivity index is 2.36. The van der Waals surface area contributed by atoms with Crippen LogP contribution in [0.4, 0.5) is 0 Å². The maximum atomic E-state index is 5.96. The van der Waals surface area contributed by atoms with Crippen LogP contribution >= 0.6 is 15.9 Å². The van der Waals surface area contributed by atoms with E-state index < -0.39 is 0 Å². The first kappa shape index (κ1) is 12.7. The molecule has 1 atom stereocenters. The highest BCUT2D eigenvalue weighted by Crippen LogP contribution is 2.30. The number of halogens is 1. The fourth-order valence-corrected chi connectivity index (χ4v) is 2.56. The van der Waals surface area contributed by atoms with Crippen molar-refractivity contribution in [1.29, 1.82) is 0 Å². The van der Waals surface area contributed by atoms with Gasteiger partial charge < -0.3 is 9.73 Å². The molecule has 0 aliphatic carbocycles. The zero-order chi connectivity index (χ0) is 12.3. The molecule has 2 aromatic rings. The highest BCUT2D eigenvalue weighted by Gasteiger charge is 2.15. The number of fused-ring (bicyclic) bond motifs is 1. The van der Waals surface area contributed by atoms with Crippen molar-refractivity contribution in [2.45, 2.75) is 32.7 Å². The normalized spacial score (nSPS) is 13.1. The van der Waals surface area contributed by atoms with E-state index in [1.54, 1.807) is 0 Å². The molecule has 0 fully saturated rings. The van der Waals surface area contributed by atoms with E-state index in [2.05, 4.69) is 47.2 Å². The Morgan fingerprint density at radius 1 is 1.35 bits per heavy atom. The minimum Gasteiger partial charge on any atom is -0.458 e. The van der Waals surface area contributed by atoms with Crippen LogP contribution in [0.2, 0.25) is 0 Å². The van der Waals surface area contributed by atoms with Crippen LogP contribution in [0.5, 0.6) is 0 Å². The molecular formula is C14H18BrNO. The molecule has 1 heterocycles. The fourth-order valence-electron chi connectivity index (χ4n) is 2.10. The van der Waals surface area contributed by atoms with Crippen LogP contribution in [-0.2, 0) is 0 Å². The molecule has 0 radical (unpaired) electrons. The van der Waals surface area contributed by atoms with Crippen molar-refractivity contribution in [2.75, 3.05) is 6.54 Å². The molecule has 0 spiro atoms. The zero-order valence-electron chi connectivity index (χ0n) is 10.3. The minimum atomic E-state index is 0.323. The largest absolute Gasteiger partial charge is 0.458 e. The topological polar surface area (TPSA) is 25.2 Å². The van der Waals surface area contributed by atoms with Gasteiger partial charge in [-0.05, 0) is 41.0 Å². The molecule has 1 unspecified atom stereocenters. The summed E-state index contributed by atoms with van der Waals surface area (Å²) in [7, 11) is 0. The number of benzene rings is 1. The van der Waals surface area contributed by atoms with Gasteiger partial charge in [-0.3, -0.25) is 0 Å². The molecule has 2 nitrogen and oxygen atoms in total. The van der Waals surface area contributed by atoms with Crippen LogP contribution in [-0.4, -0.2) is 6.54 Å². The Morgan fingerprint density at radius 2 is 2.18 bits per heavy atom. The van der Waals surface area contributed by atoms with Gasteiger partial charge in [-0.25, -0.2) is 0 Å². The summed E-state index contributed by atoms with van der Waals surface area (Å²) in [4.78, 5) is 0. The maximum absolute atomic E-state index is 5.96. The summed E-state index contributed by atoms with van der Waals surface area (Å²) in [5.41, 5.74) is 0.946. The van der Waals surface area contributed by atoms with E-state index in [1.807, 2.05) is 12.1 Å². The minimum absolute atomic E-state index is 0.323. The van der Waals surface area contributed by atoms with Gasteiger partial charge in [0.15, 0.2) is 0 Å². The van der Waals surface area contributed by atoms with Crippen molar-refractivity contribution < 1.29 is 4.42 Å². The van der Waals surface area contributed by atoms with Gasteiger partial charge in [-0.1, -0.05) is 32.4 Å². The van der Waals surface area contributed by atoms with E-state index in [0.717, 1.165) is 40.6 Å². The quantitative estimate of drug-likeness (QED) is 0.869. The highest BCUT2D eigenvalue weighted by molar-refractivity contribution is 9.10. The lowest BCUT2D eigenvalue weighted by Crippen LogP contribution is -2.20. The summed E-state index contributed by atoms with van der Waals surface area (Å²) in [6.45, 7) is 5.28. The zero-order valence-corrected chi connectivity index (χ0v) is 11.9. The molecule has 3 heteroatoms. The smallest absolute Gasteiger partial charge is 0.148 e. The molecule has 1 aromatic heterocycles. The third-order valence-electron chi connectivity index (χ3n) is 2.89. The van der Waals surface area contributed by atoms with Crippen molar-refractivity contribution in [3.8, 4) is 0 Å². The van der Waals surface area contributed by atoms with Crippen molar-refractivity contribution >= 4 is 26.9 Å². The Labute approximate surface area is 111 Å². The summed E-state index contributed by atoms with van der Waals surface area (Å²) < 4.78 is 6.98. The molecule has 0 bridgehead atoms. The highest BCUT2D eigenvalue weighted by atomic mass is 79.9. The second-order valence-corrected chi connectivity index (χ2v) is 5.06. The fraction of sp³-hybridized carbons (Fsp3) is 0.429. The monoisotopic (exact) mass is 295 g/mol. The Morgan fingerprint density at radius 3 is 2.82 bits per heavy atom. The molecule has 0 aliphatic rings. The Hall–Kier alpha value is -0.800. The summed E-state index contributed by atoms with van der Waals surface area (Å²) in [5, 5.41) is 4.63. The predicted octanol–water partition coefficient (Wildman–Crippen LogP) is 4.65. The van der Waals surface area contributed by atoms with E-state index in [1.165, 1.54) is 0 Å². The van der Waals surface area contributed by atoms with Crippen LogP contribution in [0.15, 0.2) is 33.2 Å². The van der Waals surface area contributed by atoms with E-state index in [0.29, 0.717) is 6.04 Å². The van der Waals surface area contributed by atoms with Gasteiger partial charge in [0, 0.05) is 5.39 Å². The molecule has 0 saturated heterocycles. The average molecular weight is 296 g/mol. The third-order valence-corrected chi connectivity index (χ3v) is 3.51. The molecular weight excluding hydrogens is 278 g/mol. The third kappa shape index (κ3) is 2.72. The Bertz CT molecular complexity index is 486. The first-order chi connectivity index (χ1) is 8.26. The van der Waals surface area contributed by atoms with E-state index in [-0.39, 0.29) is 0 Å². The van der Waals surface area contributed by atoms with Crippen LogP contribution < -0.4 is 5.32 Å². The van der Waals surface area contributed by atoms with Gasteiger partial charge in [-0.15, -0.1) is 0 Å². The standard InChI is InChI=1S/C14H18BrNO/c1-3-6-12(16-4-2)13-9-10-7-5-8-11(15)14(10)17-13/h5,7-9,12,16H,3-4,6H2,1-2H3. The predicted molar refractivity (Wildman–Crippen MR) is 75.2 cm³/mol. The lowest BCUT2D eigenvalue weighted by atomic mass is 10.1. The van der Waals surface area contributed by atoms with Gasteiger partial charge in [0.25, 0.3) is 0 Å². The SMILES string of the molecule is CCCC(NCC)c1cc2cccc(Br)c2o1. The molecule has 0 aliphatic heterocycles. The summed E-state index contributed by atoms with van der Waals surface area (Å²) in [6, 6.07) is 8.60. The molecule has 92 valence electrons. The summed E-state index contributed by atoms with van der Waals surface area (Å²) in [6.07, 6.45) is 2.25.